The highest BCUT2D eigenvalue weighted by molar-refractivity contribution is 5.92. The van der Waals surface area contributed by atoms with Crippen LogP contribution in [0, 0.1) is 0 Å². The lowest BCUT2D eigenvalue weighted by atomic mass is 10.1. The number of hydrogen-bond donors (Lipinski definition) is 2. The van der Waals surface area contributed by atoms with E-state index in [0.717, 1.165) is 22.3 Å². The molecule has 0 unspecified atom stereocenters. The molecule has 0 aliphatic heterocycles. The molecular weight excluding hydrogens is 465 g/mol. The predicted molar refractivity (Wildman–Crippen MR) is 120 cm³/mol. The number of carbonyl (C=O) groups is 1. The van der Waals surface area contributed by atoms with E-state index >= 15 is 0 Å². The van der Waals surface area contributed by atoms with Gasteiger partial charge in [0.25, 0.3) is 0 Å². The van der Waals surface area contributed by atoms with Crippen LogP contribution in [0.5, 0.6) is 11.6 Å². The van der Waals surface area contributed by atoms with Crippen LogP contribution < -0.4 is 15.7 Å². The third-order valence-electron chi connectivity index (χ3n) is 5.00. The smallest absolute Gasteiger partial charge is 0.493 e. The molecule has 0 aliphatic carbocycles. The van der Waals surface area contributed by atoms with E-state index < -0.39 is 23.7 Å². The summed E-state index contributed by atoms with van der Waals surface area (Å²) in [5.74, 6) is -1.14. The van der Waals surface area contributed by atoms with Gasteiger partial charge in [0.2, 0.25) is 11.8 Å². The van der Waals surface area contributed by atoms with Gasteiger partial charge in [-0.25, -0.2) is 9.36 Å². The molecule has 2 aromatic carbocycles. The number of aromatic hydroxyl groups is 1. The van der Waals surface area contributed by atoms with Gasteiger partial charge in [-0.2, -0.15) is 0 Å². The quantitative estimate of drug-likeness (QED) is 0.415. The number of ether oxygens (including phenoxy) is 1. The van der Waals surface area contributed by atoms with Crippen LogP contribution in [0.2, 0.25) is 0 Å². The number of carbonyl (C=O) groups excluding carboxylic acids is 1. The Balaban J connectivity index is 1.54. The number of halogens is 3. The number of nitrogens with zero attached hydrogens (tertiary/aromatic N) is 3. The van der Waals surface area contributed by atoms with Gasteiger partial charge in [-0.15, -0.1) is 13.2 Å². The van der Waals surface area contributed by atoms with Crippen LogP contribution in [-0.2, 0) is 17.8 Å². The van der Waals surface area contributed by atoms with E-state index in [1.54, 1.807) is 6.07 Å². The van der Waals surface area contributed by atoms with Gasteiger partial charge in [0, 0.05) is 6.20 Å². The number of rotatable bonds is 7. The normalized spacial score (nSPS) is 11.3. The fraction of sp³-hybridized carbons (Fsp3) is 0.125. The van der Waals surface area contributed by atoms with Crippen LogP contribution in [0.15, 0.2) is 84.0 Å². The Labute approximate surface area is 196 Å². The highest BCUT2D eigenvalue weighted by atomic mass is 19.4. The summed E-state index contributed by atoms with van der Waals surface area (Å²) >= 11 is 0. The lowest BCUT2D eigenvalue weighted by molar-refractivity contribution is -0.274. The Hall–Kier alpha value is -4.54. The zero-order valence-corrected chi connectivity index (χ0v) is 18.1. The fourth-order valence-corrected chi connectivity index (χ4v) is 3.46. The van der Waals surface area contributed by atoms with Crippen LogP contribution in [0.4, 0.5) is 18.9 Å². The van der Waals surface area contributed by atoms with E-state index in [2.05, 4.69) is 15.0 Å². The Bertz CT molecular complexity index is 1380. The van der Waals surface area contributed by atoms with Crippen molar-refractivity contribution in [3.05, 3.63) is 101 Å². The molecule has 0 fully saturated rings. The zero-order valence-electron chi connectivity index (χ0n) is 18.1. The number of imidazole rings is 1. The minimum atomic E-state index is -4.84. The van der Waals surface area contributed by atoms with Gasteiger partial charge in [-0.1, -0.05) is 30.3 Å². The van der Waals surface area contributed by atoms with E-state index in [1.165, 1.54) is 35.3 Å². The fourth-order valence-electron chi connectivity index (χ4n) is 3.46. The maximum atomic E-state index is 12.9. The van der Waals surface area contributed by atoms with Gasteiger partial charge in [-0.05, 0) is 41.5 Å². The first kappa shape index (κ1) is 23.6. The topological polar surface area (TPSA) is 98.4 Å². The molecule has 0 saturated heterocycles. The molecular formula is C24H19F3N4O4. The Kier molecular flexibility index (Phi) is 6.58. The van der Waals surface area contributed by atoms with Gasteiger partial charge in [0.05, 0.1) is 36.7 Å². The van der Waals surface area contributed by atoms with Crippen LogP contribution in [-0.4, -0.2) is 31.5 Å². The van der Waals surface area contributed by atoms with Gasteiger partial charge < -0.3 is 15.2 Å². The van der Waals surface area contributed by atoms with Crippen LogP contribution in [0.3, 0.4) is 0 Å². The molecule has 11 heteroatoms. The van der Waals surface area contributed by atoms with Crippen LogP contribution in [0.1, 0.15) is 11.1 Å². The SMILES string of the molecule is O=C(Cc1ccccc1)Nc1cnccc1Cn1cc(O)n(-c2ccc(OC(F)(F)F)cc2)c1=O. The summed E-state index contributed by atoms with van der Waals surface area (Å²) < 4.78 is 43.1. The van der Waals surface area contributed by atoms with E-state index in [0.29, 0.717) is 11.3 Å². The first-order valence-electron chi connectivity index (χ1n) is 10.3. The average molecular weight is 484 g/mol. The average Bonchev–Trinajstić information content (AvgIpc) is 3.08. The minimum absolute atomic E-state index is 0.00185. The van der Waals surface area contributed by atoms with Gasteiger partial charge in [0.15, 0.2) is 0 Å². The van der Waals surface area contributed by atoms with Crippen LogP contribution in [0.25, 0.3) is 5.69 Å². The number of hydrogen-bond acceptors (Lipinski definition) is 5. The number of anilines is 1. The zero-order chi connectivity index (χ0) is 25.0. The van der Waals surface area contributed by atoms with Crippen molar-refractivity contribution in [1.82, 2.24) is 14.1 Å². The van der Waals surface area contributed by atoms with E-state index in [9.17, 15) is 27.9 Å². The summed E-state index contributed by atoms with van der Waals surface area (Å²) in [5.41, 5.74) is 1.31. The molecule has 180 valence electrons. The number of benzene rings is 2. The Morgan fingerprint density at radius 3 is 2.46 bits per heavy atom. The van der Waals surface area contributed by atoms with Crippen molar-refractivity contribution in [2.75, 3.05) is 5.32 Å². The molecule has 8 nitrogen and oxygen atoms in total. The molecule has 0 aliphatic rings. The van der Waals surface area contributed by atoms with E-state index in [-0.39, 0.29) is 24.6 Å². The van der Waals surface area contributed by atoms with Gasteiger partial charge in [-0.3, -0.25) is 14.3 Å². The summed E-state index contributed by atoms with van der Waals surface area (Å²) in [7, 11) is 0. The van der Waals surface area contributed by atoms with Crippen molar-refractivity contribution in [3.63, 3.8) is 0 Å². The van der Waals surface area contributed by atoms with Crippen molar-refractivity contribution >= 4 is 11.6 Å². The standard InChI is InChI=1S/C24H19F3N4O4/c25-24(26,27)35-19-8-6-18(7-9-19)31-22(33)15-30(23(31)34)14-17-10-11-28-13-20(17)29-21(32)12-16-4-2-1-3-5-16/h1-11,13,15,33H,12,14H2,(H,29,32). The van der Waals surface area contributed by atoms with Crippen molar-refractivity contribution < 1.29 is 27.8 Å². The number of nitrogens with one attached hydrogen (secondary N) is 1. The first-order chi connectivity index (χ1) is 16.7. The molecule has 2 N–H and O–H groups in total. The van der Waals surface area contributed by atoms with E-state index in [4.69, 9.17) is 0 Å². The summed E-state index contributed by atoms with van der Waals surface area (Å²) in [6.07, 6.45) is -0.537. The monoisotopic (exact) mass is 484 g/mol. The second-order valence-corrected chi connectivity index (χ2v) is 7.52. The van der Waals surface area contributed by atoms with Gasteiger partial charge >= 0.3 is 12.1 Å². The van der Waals surface area contributed by atoms with Crippen molar-refractivity contribution in [2.45, 2.75) is 19.3 Å². The molecule has 4 aromatic rings. The highest BCUT2D eigenvalue weighted by Crippen LogP contribution is 2.25. The molecule has 4 rings (SSSR count). The number of alkyl halides is 3. The molecule has 2 aromatic heterocycles. The van der Waals surface area contributed by atoms with Crippen LogP contribution >= 0.6 is 0 Å². The summed E-state index contributed by atoms with van der Waals surface area (Å²) in [6.45, 7) is -0.00185. The maximum absolute atomic E-state index is 12.9. The summed E-state index contributed by atoms with van der Waals surface area (Å²) in [5, 5.41) is 13.1. The van der Waals surface area contributed by atoms with Crippen molar-refractivity contribution in [2.24, 2.45) is 0 Å². The largest absolute Gasteiger partial charge is 0.573 e. The predicted octanol–water partition coefficient (Wildman–Crippen LogP) is 3.87. The number of amides is 1. The number of aromatic nitrogens is 3. The molecule has 0 spiro atoms. The highest BCUT2D eigenvalue weighted by Gasteiger charge is 2.31. The lowest BCUT2D eigenvalue weighted by Crippen LogP contribution is -2.24. The molecule has 1 amide bonds. The van der Waals surface area contributed by atoms with Crippen molar-refractivity contribution in [1.29, 1.82) is 0 Å². The lowest BCUT2D eigenvalue weighted by Gasteiger charge is -2.11. The van der Waals surface area contributed by atoms with Crippen molar-refractivity contribution in [3.8, 4) is 17.3 Å². The third-order valence-corrected chi connectivity index (χ3v) is 5.00. The summed E-state index contributed by atoms with van der Waals surface area (Å²) in [4.78, 5) is 29.4. The number of pyridine rings is 1. The maximum Gasteiger partial charge on any atom is 0.573 e. The first-order valence-corrected chi connectivity index (χ1v) is 10.3. The van der Waals surface area contributed by atoms with E-state index in [1.807, 2.05) is 30.3 Å². The van der Waals surface area contributed by atoms with Gasteiger partial charge in [0.1, 0.15) is 5.75 Å². The second-order valence-electron chi connectivity index (χ2n) is 7.52. The summed E-state index contributed by atoms with van der Waals surface area (Å²) in [6, 6.07) is 15.3. The molecule has 0 bridgehead atoms. The molecule has 2 heterocycles. The molecule has 0 saturated carbocycles. The Morgan fingerprint density at radius 2 is 1.77 bits per heavy atom. The second kappa shape index (κ2) is 9.75. The Morgan fingerprint density at radius 1 is 1.06 bits per heavy atom. The molecule has 0 radical (unpaired) electrons. The third kappa shape index (κ3) is 5.88. The molecule has 0 atom stereocenters. The molecule has 35 heavy (non-hydrogen) atoms. The minimum Gasteiger partial charge on any atom is -0.493 e.